The van der Waals surface area contributed by atoms with Gasteiger partial charge in [0, 0.05) is 6.04 Å². The minimum Gasteiger partial charge on any atom is -0.313 e. The van der Waals surface area contributed by atoms with Gasteiger partial charge in [-0.05, 0) is 37.1 Å². The number of benzene rings is 1. The maximum absolute atomic E-state index is 13.7. The zero-order valence-electron chi connectivity index (χ0n) is 12.7. The minimum absolute atomic E-state index is 0.127. The number of halogens is 4. The quantitative estimate of drug-likeness (QED) is 0.672. The molecule has 1 N–H and O–H groups in total. The average Bonchev–Trinajstić information content (AvgIpc) is 2.41. The van der Waals surface area contributed by atoms with Gasteiger partial charge in [0.2, 0.25) is 0 Å². The summed E-state index contributed by atoms with van der Waals surface area (Å²) in [4.78, 5) is 0. The zero-order valence-corrected chi connectivity index (χ0v) is 12.7. The lowest BCUT2D eigenvalue weighted by atomic mass is 9.86. The van der Waals surface area contributed by atoms with Gasteiger partial charge in [-0.25, -0.2) is 4.39 Å². The zero-order chi connectivity index (χ0) is 16.0. The molecule has 0 aliphatic carbocycles. The second kappa shape index (κ2) is 7.78. The summed E-state index contributed by atoms with van der Waals surface area (Å²) in [5.41, 5.74) is -0.631. The third kappa shape index (κ3) is 4.70. The van der Waals surface area contributed by atoms with Crippen molar-refractivity contribution in [3.05, 3.63) is 35.1 Å². The first-order chi connectivity index (χ1) is 9.85. The van der Waals surface area contributed by atoms with Gasteiger partial charge in [0.1, 0.15) is 5.82 Å². The van der Waals surface area contributed by atoms with Crippen LogP contribution in [0.5, 0.6) is 0 Å². The van der Waals surface area contributed by atoms with Gasteiger partial charge in [-0.15, -0.1) is 0 Å². The molecule has 0 aliphatic rings. The Kier molecular flexibility index (Phi) is 6.65. The number of hydrogen-bond donors (Lipinski definition) is 1. The number of rotatable bonds is 7. The van der Waals surface area contributed by atoms with Crippen LogP contribution in [0.3, 0.4) is 0 Å². The lowest BCUT2D eigenvalue weighted by Gasteiger charge is -2.27. The van der Waals surface area contributed by atoms with E-state index in [0.29, 0.717) is 5.56 Å². The van der Waals surface area contributed by atoms with Crippen LogP contribution in [0.1, 0.15) is 56.7 Å². The highest BCUT2D eigenvalue weighted by molar-refractivity contribution is 5.29. The first kappa shape index (κ1) is 18.0. The average molecular weight is 305 g/mol. The molecule has 0 radical (unpaired) electrons. The molecule has 2 atom stereocenters. The van der Waals surface area contributed by atoms with Crippen molar-refractivity contribution >= 4 is 0 Å². The van der Waals surface area contributed by atoms with Gasteiger partial charge >= 0.3 is 6.18 Å². The topological polar surface area (TPSA) is 12.0 Å². The molecular formula is C16H23F4N. The molecule has 120 valence electrons. The van der Waals surface area contributed by atoms with E-state index in [-0.39, 0.29) is 12.0 Å². The third-order valence-corrected chi connectivity index (χ3v) is 3.89. The van der Waals surface area contributed by atoms with Crippen LogP contribution in [0.15, 0.2) is 18.2 Å². The number of alkyl halides is 3. The third-order valence-electron chi connectivity index (χ3n) is 3.89. The Morgan fingerprint density at radius 3 is 2.29 bits per heavy atom. The summed E-state index contributed by atoms with van der Waals surface area (Å²) in [6.07, 6.45) is -0.659. The maximum Gasteiger partial charge on any atom is 0.419 e. The Hall–Kier alpha value is -1.10. The van der Waals surface area contributed by atoms with E-state index in [0.717, 1.165) is 37.8 Å². The summed E-state index contributed by atoms with van der Waals surface area (Å²) in [6, 6.07) is 3.10. The largest absolute Gasteiger partial charge is 0.419 e. The fourth-order valence-corrected chi connectivity index (χ4v) is 2.70. The smallest absolute Gasteiger partial charge is 0.313 e. The molecule has 0 saturated carbocycles. The van der Waals surface area contributed by atoms with Crippen LogP contribution in [0.4, 0.5) is 17.6 Å². The molecule has 0 heterocycles. The van der Waals surface area contributed by atoms with Crippen LogP contribution in [0.25, 0.3) is 0 Å². The Balaban J connectivity index is 3.03. The standard InChI is InChI=1S/C16H23F4N/c1-4-6-7-11(5-2)15(21-3)12-8-9-13(14(17)10-12)16(18,19)20/h8-11,15,21H,4-7H2,1-3H3. The second-order valence-corrected chi connectivity index (χ2v) is 5.31. The number of nitrogens with one attached hydrogen (secondary N) is 1. The number of unbranched alkanes of at least 4 members (excludes halogenated alkanes) is 1. The molecule has 0 saturated heterocycles. The van der Waals surface area contributed by atoms with Crippen molar-refractivity contribution in [2.24, 2.45) is 5.92 Å². The van der Waals surface area contributed by atoms with E-state index in [9.17, 15) is 17.6 Å². The van der Waals surface area contributed by atoms with E-state index in [4.69, 9.17) is 0 Å². The summed E-state index contributed by atoms with van der Waals surface area (Å²) in [7, 11) is 1.76. The molecule has 21 heavy (non-hydrogen) atoms. The van der Waals surface area contributed by atoms with Crippen LogP contribution < -0.4 is 5.32 Å². The molecule has 1 nitrogen and oxygen atoms in total. The Morgan fingerprint density at radius 1 is 1.19 bits per heavy atom. The van der Waals surface area contributed by atoms with E-state index in [1.165, 1.54) is 6.07 Å². The molecule has 5 heteroatoms. The Bertz CT molecular complexity index is 442. The Morgan fingerprint density at radius 2 is 1.86 bits per heavy atom. The summed E-state index contributed by atoms with van der Waals surface area (Å²) < 4.78 is 51.5. The SMILES string of the molecule is CCCCC(CC)C(NC)c1ccc(C(F)(F)F)c(F)c1. The molecule has 0 aromatic heterocycles. The normalized spacial score (nSPS) is 15.0. The summed E-state index contributed by atoms with van der Waals surface area (Å²) in [5, 5.41) is 3.12. The predicted molar refractivity (Wildman–Crippen MR) is 76.5 cm³/mol. The van der Waals surface area contributed by atoms with Gasteiger partial charge in [-0.2, -0.15) is 13.2 Å². The molecule has 0 bridgehead atoms. The van der Waals surface area contributed by atoms with Gasteiger partial charge in [0.25, 0.3) is 0 Å². The van der Waals surface area contributed by atoms with Gasteiger partial charge in [0.05, 0.1) is 5.56 Å². The van der Waals surface area contributed by atoms with Crippen molar-refractivity contribution in [3.8, 4) is 0 Å². The predicted octanol–water partition coefficient (Wildman–Crippen LogP) is 5.32. The van der Waals surface area contributed by atoms with Crippen molar-refractivity contribution in [2.75, 3.05) is 7.05 Å². The number of hydrogen-bond acceptors (Lipinski definition) is 1. The molecule has 0 fully saturated rings. The van der Waals surface area contributed by atoms with Gasteiger partial charge in [-0.1, -0.05) is 39.2 Å². The molecule has 2 unspecified atom stereocenters. The highest BCUT2D eigenvalue weighted by atomic mass is 19.4. The van der Waals surface area contributed by atoms with Crippen LogP contribution in [0.2, 0.25) is 0 Å². The van der Waals surface area contributed by atoms with Gasteiger partial charge in [0.15, 0.2) is 0 Å². The molecule has 1 aromatic carbocycles. The summed E-state index contributed by atoms with van der Waals surface area (Å²) in [5.74, 6) is -0.920. The van der Waals surface area contributed by atoms with Crippen molar-refractivity contribution in [3.63, 3.8) is 0 Å². The van der Waals surface area contributed by atoms with E-state index >= 15 is 0 Å². The molecule has 1 rings (SSSR count). The first-order valence-electron chi connectivity index (χ1n) is 7.39. The van der Waals surface area contributed by atoms with Crippen molar-refractivity contribution in [1.82, 2.24) is 5.32 Å². The molecule has 0 amide bonds. The monoisotopic (exact) mass is 305 g/mol. The highest BCUT2D eigenvalue weighted by Crippen LogP contribution is 2.34. The van der Waals surface area contributed by atoms with Crippen LogP contribution >= 0.6 is 0 Å². The van der Waals surface area contributed by atoms with E-state index in [1.807, 2.05) is 6.92 Å². The summed E-state index contributed by atoms with van der Waals surface area (Å²) in [6.45, 7) is 4.14. The minimum atomic E-state index is -4.65. The van der Waals surface area contributed by atoms with E-state index in [2.05, 4.69) is 12.2 Å². The van der Waals surface area contributed by atoms with Crippen LogP contribution in [0, 0.1) is 11.7 Å². The van der Waals surface area contributed by atoms with Gasteiger partial charge < -0.3 is 5.32 Å². The Labute approximate surface area is 123 Å². The van der Waals surface area contributed by atoms with Crippen molar-refractivity contribution in [1.29, 1.82) is 0 Å². The molecular weight excluding hydrogens is 282 g/mol. The van der Waals surface area contributed by atoms with Crippen molar-refractivity contribution < 1.29 is 17.6 Å². The van der Waals surface area contributed by atoms with E-state index in [1.54, 1.807) is 7.05 Å². The fraction of sp³-hybridized carbons (Fsp3) is 0.625. The van der Waals surface area contributed by atoms with Gasteiger partial charge in [-0.3, -0.25) is 0 Å². The molecule has 1 aromatic rings. The molecule has 0 spiro atoms. The lowest BCUT2D eigenvalue weighted by Crippen LogP contribution is -2.25. The van der Waals surface area contributed by atoms with Crippen molar-refractivity contribution in [2.45, 2.75) is 51.7 Å². The van der Waals surface area contributed by atoms with Crippen LogP contribution in [-0.4, -0.2) is 7.05 Å². The fourth-order valence-electron chi connectivity index (χ4n) is 2.70. The lowest BCUT2D eigenvalue weighted by molar-refractivity contribution is -0.140. The maximum atomic E-state index is 13.7. The highest BCUT2D eigenvalue weighted by Gasteiger charge is 2.34. The molecule has 0 aliphatic heterocycles. The summed E-state index contributed by atoms with van der Waals surface area (Å²) >= 11 is 0. The van der Waals surface area contributed by atoms with E-state index < -0.39 is 17.6 Å². The first-order valence-corrected chi connectivity index (χ1v) is 7.39. The second-order valence-electron chi connectivity index (χ2n) is 5.31. The van der Waals surface area contributed by atoms with Crippen LogP contribution in [-0.2, 0) is 6.18 Å².